The van der Waals surface area contributed by atoms with E-state index in [1.54, 1.807) is 24.3 Å². The van der Waals surface area contributed by atoms with E-state index in [1.807, 2.05) is 0 Å². The van der Waals surface area contributed by atoms with Crippen LogP contribution < -0.4 is 11.1 Å². The lowest BCUT2D eigenvalue weighted by Gasteiger charge is -2.21. The maximum absolute atomic E-state index is 13.9. The van der Waals surface area contributed by atoms with E-state index in [0.717, 1.165) is 0 Å². The molecule has 3 rings (SSSR count). The van der Waals surface area contributed by atoms with E-state index in [0.29, 0.717) is 22.2 Å². The lowest BCUT2D eigenvalue weighted by Crippen LogP contribution is -2.31. The highest BCUT2D eigenvalue weighted by Crippen LogP contribution is 2.15. The first kappa shape index (κ1) is 17.3. The number of nitrogens with one attached hydrogen (secondary N) is 2. The second kappa shape index (κ2) is 7.18. The fourth-order valence-corrected chi connectivity index (χ4v) is 2.64. The summed E-state index contributed by atoms with van der Waals surface area (Å²) in [5, 5.41) is 0. The predicted octanol–water partition coefficient (Wildman–Crippen LogP) is 2.18. The zero-order chi connectivity index (χ0) is 18.7. The summed E-state index contributed by atoms with van der Waals surface area (Å²) in [4.78, 5) is 42.0. The molecule has 0 aliphatic carbocycles. The van der Waals surface area contributed by atoms with Gasteiger partial charge in [-0.1, -0.05) is 24.3 Å². The van der Waals surface area contributed by atoms with Crippen LogP contribution in [0.3, 0.4) is 0 Å². The maximum Gasteiger partial charge on any atom is 0.314 e. The third kappa shape index (κ3) is 3.46. The number of nitrogens with zero attached hydrogens (tertiary/aromatic N) is 1. The van der Waals surface area contributed by atoms with Gasteiger partial charge in [-0.15, -0.1) is 6.58 Å². The summed E-state index contributed by atoms with van der Waals surface area (Å²) in [6.45, 7) is 3.95. The molecule has 0 fully saturated rings. The van der Waals surface area contributed by atoms with E-state index in [2.05, 4.69) is 16.5 Å². The van der Waals surface area contributed by atoms with E-state index in [-0.39, 0.29) is 19.0 Å². The highest BCUT2D eigenvalue weighted by atomic mass is 19.1. The van der Waals surface area contributed by atoms with Crippen molar-refractivity contribution in [2.45, 2.75) is 6.54 Å². The second-order valence-electron chi connectivity index (χ2n) is 5.73. The lowest BCUT2D eigenvalue weighted by molar-refractivity contribution is 0.0761. The number of aromatic nitrogens is 2. The average molecular weight is 353 g/mol. The zero-order valence-electron chi connectivity index (χ0n) is 13.8. The number of rotatable bonds is 5. The zero-order valence-corrected chi connectivity index (χ0v) is 13.8. The summed E-state index contributed by atoms with van der Waals surface area (Å²) >= 11 is 0. The molecule has 1 heterocycles. The van der Waals surface area contributed by atoms with Crippen LogP contribution in [0.2, 0.25) is 0 Å². The number of carbonyl (C=O) groups excluding carboxylic acids is 1. The molecule has 7 heteroatoms. The summed E-state index contributed by atoms with van der Waals surface area (Å²) in [6, 6.07) is 10.8. The number of benzene rings is 2. The fraction of sp³-hybridized carbons (Fsp3) is 0.105. The summed E-state index contributed by atoms with van der Waals surface area (Å²) in [5.41, 5.74) is -0.110. The third-order valence-corrected chi connectivity index (χ3v) is 3.92. The van der Waals surface area contributed by atoms with E-state index < -0.39 is 16.9 Å². The summed E-state index contributed by atoms with van der Waals surface area (Å²) in [6.07, 6.45) is 1.55. The van der Waals surface area contributed by atoms with E-state index >= 15 is 0 Å². The van der Waals surface area contributed by atoms with E-state index in [9.17, 15) is 18.8 Å². The number of halogens is 1. The molecule has 0 atom stereocenters. The van der Waals surface area contributed by atoms with Gasteiger partial charge in [0.2, 0.25) is 0 Å². The van der Waals surface area contributed by atoms with Gasteiger partial charge in [0, 0.05) is 24.2 Å². The Hall–Kier alpha value is -3.48. The Morgan fingerprint density at radius 3 is 2.46 bits per heavy atom. The Morgan fingerprint density at radius 1 is 1.08 bits per heavy atom. The van der Waals surface area contributed by atoms with Crippen molar-refractivity contribution in [3.8, 4) is 0 Å². The van der Waals surface area contributed by atoms with Gasteiger partial charge in [-0.05, 0) is 24.3 Å². The molecule has 26 heavy (non-hydrogen) atoms. The Morgan fingerprint density at radius 2 is 1.77 bits per heavy atom. The fourth-order valence-electron chi connectivity index (χ4n) is 2.64. The van der Waals surface area contributed by atoms with Gasteiger partial charge < -0.3 is 14.9 Å². The number of fused-ring (bicyclic) bond motifs is 1. The van der Waals surface area contributed by atoms with Crippen LogP contribution in [0, 0.1) is 5.82 Å². The van der Waals surface area contributed by atoms with Crippen LogP contribution in [0.5, 0.6) is 0 Å². The number of amides is 1. The molecule has 0 aliphatic rings. The Bertz CT molecular complexity index is 1100. The van der Waals surface area contributed by atoms with Crippen LogP contribution in [-0.4, -0.2) is 27.3 Å². The molecule has 0 unspecified atom stereocenters. The minimum absolute atomic E-state index is 0.0811. The molecule has 2 N–H and O–H groups in total. The first-order valence-electron chi connectivity index (χ1n) is 7.89. The van der Waals surface area contributed by atoms with Gasteiger partial charge in [0.25, 0.3) is 5.91 Å². The Kier molecular flexibility index (Phi) is 4.79. The molecular weight excluding hydrogens is 337 g/mol. The molecule has 1 aromatic heterocycles. The third-order valence-electron chi connectivity index (χ3n) is 3.92. The summed E-state index contributed by atoms with van der Waals surface area (Å²) in [5.74, 6) is -0.739. The summed E-state index contributed by atoms with van der Waals surface area (Å²) in [7, 11) is 0. The largest absolute Gasteiger partial charge is 0.330 e. The van der Waals surface area contributed by atoms with Crippen LogP contribution in [0.15, 0.2) is 64.7 Å². The maximum atomic E-state index is 13.9. The van der Waals surface area contributed by atoms with Gasteiger partial charge in [-0.2, -0.15) is 0 Å². The number of H-pyrrole nitrogens is 2. The van der Waals surface area contributed by atoms with Crippen molar-refractivity contribution >= 4 is 16.9 Å². The Labute approximate surface area is 147 Å². The number of hydrogen-bond donors (Lipinski definition) is 2. The standard InChI is InChI=1S/C19H16FN3O3/c1-2-9-23(11-13-5-3-4-6-14(13)20)19(26)12-7-8-15-16(10-12)22-18(25)17(24)21-15/h2-8,10H,1,9,11H2,(H,21,24)(H,22,25). The molecule has 1 amide bonds. The van der Waals surface area contributed by atoms with Gasteiger partial charge in [0.15, 0.2) is 0 Å². The topological polar surface area (TPSA) is 86.0 Å². The number of hydrogen-bond acceptors (Lipinski definition) is 3. The summed E-state index contributed by atoms with van der Waals surface area (Å²) < 4.78 is 13.9. The monoisotopic (exact) mass is 353 g/mol. The highest BCUT2D eigenvalue weighted by molar-refractivity contribution is 5.97. The molecule has 0 saturated heterocycles. The van der Waals surface area contributed by atoms with Crippen molar-refractivity contribution < 1.29 is 9.18 Å². The second-order valence-corrected chi connectivity index (χ2v) is 5.73. The SMILES string of the molecule is C=CCN(Cc1ccccc1F)C(=O)c1ccc2[nH]c(=O)c(=O)[nH]c2c1. The van der Waals surface area contributed by atoms with Crippen molar-refractivity contribution in [2.75, 3.05) is 6.54 Å². The van der Waals surface area contributed by atoms with Crippen molar-refractivity contribution in [1.82, 2.24) is 14.9 Å². The van der Waals surface area contributed by atoms with Crippen molar-refractivity contribution in [3.05, 3.63) is 92.8 Å². The first-order chi connectivity index (χ1) is 12.5. The van der Waals surface area contributed by atoms with Crippen molar-refractivity contribution in [3.63, 3.8) is 0 Å². The van der Waals surface area contributed by atoms with Crippen LogP contribution >= 0.6 is 0 Å². The molecule has 0 aliphatic heterocycles. The first-order valence-corrected chi connectivity index (χ1v) is 7.89. The van der Waals surface area contributed by atoms with E-state index in [4.69, 9.17) is 0 Å². The van der Waals surface area contributed by atoms with Crippen molar-refractivity contribution in [2.24, 2.45) is 0 Å². The van der Waals surface area contributed by atoms with Gasteiger partial charge in [0.1, 0.15) is 5.82 Å². The van der Waals surface area contributed by atoms with E-state index in [1.165, 1.54) is 29.2 Å². The smallest absolute Gasteiger partial charge is 0.314 e. The minimum Gasteiger partial charge on any atom is -0.330 e. The number of carbonyl (C=O) groups is 1. The molecule has 0 saturated carbocycles. The van der Waals surface area contributed by atoms with Gasteiger partial charge >= 0.3 is 11.1 Å². The molecule has 132 valence electrons. The van der Waals surface area contributed by atoms with Gasteiger partial charge in [-0.25, -0.2) is 4.39 Å². The Balaban J connectivity index is 1.96. The lowest BCUT2D eigenvalue weighted by atomic mass is 10.1. The number of aromatic amines is 2. The predicted molar refractivity (Wildman–Crippen MR) is 96.5 cm³/mol. The normalized spacial score (nSPS) is 10.7. The quantitative estimate of drug-likeness (QED) is 0.545. The molecule has 6 nitrogen and oxygen atoms in total. The highest BCUT2D eigenvalue weighted by Gasteiger charge is 2.17. The molecule has 0 radical (unpaired) electrons. The van der Waals surface area contributed by atoms with Crippen LogP contribution in [0.4, 0.5) is 4.39 Å². The van der Waals surface area contributed by atoms with Crippen LogP contribution in [0.25, 0.3) is 11.0 Å². The van der Waals surface area contributed by atoms with Gasteiger partial charge in [0.05, 0.1) is 11.0 Å². The molecule has 3 aromatic rings. The molecule has 0 bridgehead atoms. The van der Waals surface area contributed by atoms with Gasteiger partial charge in [-0.3, -0.25) is 14.4 Å². The molecule has 0 spiro atoms. The average Bonchev–Trinajstić information content (AvgIpc) is 2.63. The molecular formula is C19H16FN3O3. The minimum atomic E-state index is -0.795. The molecule has 2 aromatic carbocycles. The van der Waals surface area contributed by atoms with Crippen molar-refractivity contribution in [1.29, 1.82) is 0 Å². The van der Waals surface area contributed by atoms with Crippen LogP contribution in [-0.2, 0) is 6.54 Å². The van der Waals surface area contributed by atoms with Crippen LogP contribution in [0.1, 0.15) is 15.9 Å².